The fourth-order valence-corrected chi connectivity index (χ4v) is 2.69. The fraction of sp³-hybridized carbons (Fsp3) is 0.522. The van der Waals surface area contributed by atoms with Crippen LogP contribution in [0.3, 0.4) is 0 Å². The number of benzene rings is 1. The number of carbonyl (C=O) groups excluding carboxylic acids is 3. The molecular formula is C23H33NO6. The number of carbonyl (C=O) groups is 3. The van der Waals surface area contributed by atoms with Crippen molar-refractivity contribution in [1.29, 1.82) is 0 Å². The lowest BCUT2D eigenvalue weighted by Crippen LogP contribution is -2.40. The summed E-state index contributed by atoms with van der Waals surface area (Å²) in [7, 11) is 1.38. The molecule has 30 heavy (non-hydrogen) atoms. The van der Waals surface area contributed by atoms with Gasteiger partial charge in [0.15, 0.2) is 5.78 Å². The van der Waals surface area contributed by atoms with E-state index in [1.165, 1.54) is 19.3 Å². The van der Waals surface area contributed by atoms with E-state index >= 15 is 0 Å². The van der Waals surface area contributed by atoms with Gasteiger partial charge in [-0.2, -0.15) is 0 Å². The zero-order valence-corrected chi connectivity index (χ0v) is 17.8. The van der Waals surface area contributed by atoms with Crippen LogP contribution in [0.1, 0.15) is 57.4 Å². The van der Waals surface area contributed by atoms with E-state index < -0.39 is 18.2 Å². The third-order valence-electron chi connectivity index (χ3n) is 4.58. The minimum Gasteiger partial charge on any atom is -0.469 e. The molecule has 2 atom stereocenters. The molecule has 0 aliphatic heterocycles. The van der Waals surface area contributed by atoms with E-state index in [-0.39, 0.29) is 18.4 Å². The van der Waals surface area contributed by atoms with Crippen molar-refractivity contribution in [3.63, 3.8) is 0 Å². The number of aliphatic hydroxyl groups excluding tert-OH is 1. The highest BCUT2D eigenvalue weighted by Crippen LogP contribution is 2.09. The molecule has 1 aromatic rings. The quantitative estimate of drug-likeness (QED) is 0.271. The van der Waals surface area contributed by atoms with Gasteiger partial charge in [-0.05, 0) is 31.4 Å². The van der Waals surface area contributed by atoms with Gasteiger partial charge in [0.05, 0.1) is 19.3 Å². The Morgan fingerprint density at radius 1 is 1.03 bits per heavy atom. The number of nitrogens with one attached hydrogen (secondary N) is 1. The fourth-order valence-electron chi connectivity index (χ4n) is 2.69. The van der Waals surface area contributed by atoms with Gasteiger partial charge in [-0.15, -0.1) is 0 Å². The van der Waals surface area contributed by atoms with Crippen molar-refractivity contribution in [3.8, 4) is 0 Å². The number of hydrogen-bond acceptors (Lipinski definition) is 6. The molecule has 1 rings (SSSR count). The molecule has 0 radical (unpaired) electrons. The molecule has 0 saturated heterocycles. The maximum absolute atomic E-state index is 11.9. The van der Waals surface area contributed by atoms with Gasteiger partial charge < -0.3 is 19.9 Å². The lowest BCUT2D eigenvalue weighted by atomic mass is 10.1. The highest BCUT2D eigenvalue weighted by Gasteiger charge is 2.15. The van der Waals surface area contributed by atoms with Gasteiger partial charge in [0.2, 0.25) is 0 Å². The number of ether oxygens (including phenoxy) is 2. The van der Waals surface area contributed by atoms with Crippen molar-refractivity contribution in [2.24, 2.45) is 0 Å². The number of methoxy groups -OCH3 is 1. The first-order valence-corrected chi connectivity index (χ1v) is 10.4. The van der Waals surface area contributed by atoms with E-state index in [4.69, 9.17) is 4.74 Å². The van der Waals surface area contributed by atoms with Gasteiger partial charge in [-0.3, -0.25) is 9.59 Å². The smallest absolute Gasteiger partial charge is 0.407 e. The Hall–Kier alpha value is -2.67. The second-order valence-corrected chi connectivity index (χ2v) is 7.15. The zero-order chi connectivity index (χ0) is 22.2. The summed E-state index contributed by atoms with van der Waals surface area (Å²) < 4.78 is 9.69. The Morgan fingerprint density at radius 2 is 1.67 bits per heavy atom. The number of rotatable bonds is 14. The maximum atomic E-state index is 11.9. The topological polar surface area (TPSA) is 102 Å². The number of esters is 1. The monoisotopic (exact) mass is 419 g/mol. The van der Waals surface area contributed by atoms with Gasteiger partial charge >= 0.3 is 12.1 Å². The summed E-state index contributed by atoms with van der Waals surface area (Å²) in [5, 5.41) is 12.6. The number of allylic oxidation sites excluding steroid dienone is 1. The van der Waals surface area contributed by atoms with Crippen LogP contribution >= 0.6 is 0 Å². The molecule has 166 valence electrons. The van der Waals surface area contributed by atoms with Crippen LogP contribution in [-0.2, 0) is 25.7 Å². The van der Waals surface area contributed by atoms with Gasteiger partial charge in [-0.1, -0.05) is 55.7 Å². The molecule has 0 aromatic heterocycles. The Bertz CT molecular complexity index is 674. The summed E-state index contributed by atoms with van der Waals surface area (Å²) in [6.07, 6.45) is 6.33. The first kappa shape index (κ1) is 25.4. The van der Waals surface area contributed by atoms with Gasteiger partial charge in [0.25, 0.3) is 0 Å². The minimum atomic E-state index is -0.989. The van der Waals surface area contributed by atoms with Crippen LogP contribution in [0, 0.1) is 0 Å². The molecule has 0 saturated carbocycles. The third kappa shape index (κ3) is 12.0. The number of unbranched alkanes of at least 4 members (excludes halogenated alkanes) is 4. The van der Waals surface area contributed by atoms with E-state index in [0.717, 1.165) is 37.7 Å². The maximum Gasteiger partial charge on any atom is 0.407 e. The van der Waals surface area contributed by atoms with Crippen LogP contribution < -0.4 is 5.32 Å². The number of aliphatic hydroxyl groups is 1. The van der Waals surface area contributed by atoms with E-state index in [1.54, 1.807) is 6.92 Å². The summed E-state index contributed by atoms with van der Waals surface area (Å²) in [5.74, 6) is -0.260. The number of amides is 1. The van der Waals surface area contributed by atoms with Crippen molar-refractivity contribution in [2.45, 2.75) is 70.6 Å². The minimum absolute atomic E-state index is 0.0672. The van der Waals surface area contributed by atoms with Crippen molar-refractivity contribution >= 4 is 17.8 Å². The van der Waals surface area contributed by atoms with Gasteiger partial charge in [-0.25, -0.2) is 4.79 Å². The van der Waals surface area contributed by atoms with Crippen LogP contribution in [0.2, 0.25) is 0 Å². The molecule has 7 nitrogen and oxygen atoms in total. The molecule has 0 aliphatic carbocycles. The normalized spacial score (nSPS) is 12.9. The first-order valence-electron chi connectivity index (χ1n) is 10.4. The van der Waals surface area contributed by atoms with Gasteiger partial charge in [0.1, 0.15) is 6.61 Å². The van der Waals surface area contributed by atoms with Crippen LogP contribution in [-0.4, -0.2) is 42.2 Å². The molecule has 1 amide bonds. The Morgan fingerprint density at radius 3 is 2.33 bits per heavy atom. The predicted octanol–water partition coefficient (Wildman–Crippen LogP) is 3.69. The molecule has 1 aromatic carbocycles. The number of ketones is 1. The largest absolute Gasteiger partial charge is 0.469 e. The first-order chi connectivity index (χ1) is 14.4. The standard InChI is InChI=1S/C23H33NO6/c1-18(24-23(28)30-17-19-11-7-6-8-12-19)21(26)16-15-20(25)13-9-4-3-5-10-14-22(27)29-2/h6-8,11-12,15-16,18,21,26H,3-5,9-10,13-14,17H2,1-2H3,(H,24,28)/b16-15+/t18-,21-/m0/s1. The summed E-state index contributed by atoms with van der Waals surface area (Å²) in [5.41, 5.74) is 0.870. The molecular weight excluding hydrogens is 386 g/mol. The van der Waals surface area contributed by atoms with E-state index in [2.05, 4.69) is 10.1 Å². The Labute approximate surface area is 178 Å². The highest BCUT2D eigenvalue weighted by atomic mass is 16.5. The second-order valence-electron chi connectivity index (χ2n) is 7.15. The molecule has 0 spiro atoms. The Kier molecular flexibility index (Phi) is 12.9. The van der Waals surface area contributed by atoms with Crippen molar-refractivity contribution in [1.82, 2.24) is 5.32 Å². The summed E-state index contributed by atoms with van der Waals surface area (Å²) in [6, 6.07) is 8.70. The van der Waals surface area contributed by atoms with Crippen molar-refractivity contribution in [3.05, 3.63) is 48.0 Å². The van der Waals surface area contributed by atoms with E-state index in [0.29, 0.717) is 12.8 Å². The van der Waals surface area contributed by atoms with Crippen LogP contribution in [0.15, 0.2) is 42.5 Å². The van der Waals surface area contributed by atoms with E-state index in [1.807, 2.05) is 30.3 Å². The molecule has 0 unspecified atom stereocenters. The van der Waals surface area contributed by atoms with Crippen LogP contribution in [0.4, 0.5) is 4.79 Å². The molecule has 0 bridgehead atoms. The van der Waals surface area contributed by atoms with Crippen LogP contribution in [0.5, 0.6) is 0 Å². The summed E-state index contributed by atoms with van der Waals surface area (Å²) >= 11 is 0. The highest BCUT2D eigenvalue weighted by molar-refractivity contribution is 5.89. The Balaban J connectivity index is 2.16. The lowest BCUT2D eigenvalue weighted by Gasteiger charge is -2.17. The number of hydrogen-bond donors (Lipinski definition) is 2. The zero-order valence-electron chi connectivity index (χ0n) is 17.8. The third-order valence-corrected chi connectivity index (χ3v) is 4.58. The summed E-state index contributed by atoms with van der Waals surface area (Å²) in [6.45, 7) is 1.78. The average molecular weight is 420 g/mol. The van der Waals surface area contributed by atoms with Crippen molar-refractivity contribution in [2.75, 3.05) is 7.11 Å². The summed E-state index contributed by atoms with van der Waals surface area (Å²) in [4.78, 5) is 34.7. The second kappa shape index (κ2) is 15.2. The van der Waals surface area contributed by atoms with Gasteiger partial charge in [0, 0.05) is 12.8 Å². The lowest BCUT2D eigenvalue weighted by molar-refractivity contribution is -0.140. The predicted molar refractivity (Wildman–Crippen MR) is 114 cm³/mol. The molecule has 2 N–H and O–H groups in total. The molecule has 0 aliphatic rings. The van der Waals surface area contributed by atoms with Crippen molar-refractivity contribution < 1.29 is 29.0 Å². The molecule has 0 heterocycles. The average Bonchev–Trinajstić information content (AvgIpc) is 2.75. The molecule has 0 fully saturated rings. The SMILES string of the molecule is COC(=O)CCCCCCCC(=O)/C=C/[C@H](O)[C@H](C)NC(=O)OCc1ccccc1. The molecule has 7 heteroatoms. The van der Waals surface area contributed by atoms with E-state index in [9.17, 15) is 19.5 Å². The number of alkyl carbamates (subject to hydrolysis) is 1. The van der Waals surface area contributed by atoms with Crippen LogP contribution in [0.25, 0.3) is 0 Å².